The van der Waals surface area contributed by atoms with E-state index >= 15 is 0 Å². The standard InChI is InChI=1S/C14H11F2NO4/c1-8(18)9-2-4-13(11(15)6-9)21-14-5-3-10(17(19)20)7-12(14)16/h2-8,18H,1H3. The summed E-state index contributed by atoms with van der Waals surface area (Å²) in [6.07, 6.45) is -0.843. The molecule has 2 rings (SSSR count). The molecule has 0 aliphatic heterocycles. The van der Waals surface area contributed by atoms with Gasteiger partial charge in [0.2, 0.25) is 0 Å². The lowest BCUT2D eigenvalue weighted by Gasteiger charge is -2.10. The van der Waals surface area contributed by atoms with Gasteiger partial charge < -0.3 is 9.84 Å². The van der Waals surface area contributed by atoms with Crippen LogP contribution in [0, 0.1) is 21.7 Å². The first-order chi connectivity index (χ1) is 9.88. The van der Waals surface area contributed by atoms with E-state index in [4.69, 9.17) is 4.74 Å². The number of ether oxygens (including phenoxy) is 1. The third-order valence-electron chi connectivity index (χ3n) is 2.78. The SMILES string of the molecule is CC(O)c1ccc(Oc2ccc([N+](=O)[O-])cc2F)c(F)c1. The maximum atomic E-state index is 13.8. The van der Waals surface area contributed by atoms with Gasteiger partial charge in [0.05, 0.1) is 17.1 Å². The van der Waals surface area contributed by atoms with Crippen molar-refractivity contribution in [2.75, 3.05) is 0 Å². The largest absolute Gasteiger partial charge is 0.451 e. The molecule has 2 aromatic carbocycles. The molecule has 0 aliphatic rings. The fraction of sp³-hybridized carbons (Fsp3) is 0.143. The first-order valence-electron chi connectivity index (χ1n) is 5.98. The van der Waals surface area contributed by atoms with Crippen molar-refractivity contribution >= 4 is 5.69 Å². The average Bonchev–Trinajstić information content (AvgIpc) is 2.42. The lowest BCUT2D eigenvalue weighted by Crippen LogP contribution is -1.96. The Labute approximate surface area is 118 Å². The summed E-state index contributed by atoms with van der Waals surface area (Å²) in [6, 6.07) is 6.56. The average molecular weight is 295 g/mol. The molecule has 0 amide bonds. The Hall–Kier alpha value is -2.54. The molecule has 0 fully saturated rings. The van der Waals surface area contributed by atoms with Crippen LogP contribution in [0.4, 0.5) is 14.5 Å². The van der Waals surface area contributed by atoms with Crippen molar-refractivity contribution in [1.82, 2.24) is 0 Å². The van der Waals surface area contributed by atoms with Crippen molar-refractivity contribution in [2.24, 2.45) is 0 Å². The van der Waals surface area contributed by atoms with Crippen LogP contribution in [0.15, 0.2) is 36.4 Å². The van der Waals surface area contributed by atoms with E-state index in [1.807, 2.05) is 0 Å². The van der Waals surface area contributed by atoms with Crippen molar-refractivity contribution in [1.29, 1.82) is 0 Å². The minimum absolute atomic E-state index is 0.243. The Kier molecular flexibility index (Phi) is 4.13. The predicted molar refractivity (Wildman–Crippen MR) is 70.2 cm³/mol. The second-order valence-corrected chi connectivity index (χ2v) is 4.34. The molecule has 0 bridgehead atoms. The Morgan fingerprint density at radius 2 is 1.71 bits per heavy atom. The van der Waals surface area contributed by atoms with Crippen molar-refractivity contribution in [3.05, 3.63) is 63.7 Å². The number of hydrogen-bond donors (Lipinski definition) is 1. The second kappa shape index (κ2) is 5.84. The highest BCUT2D eigenvalue weighted by Gasteiger charge is 2.14. The van der Waals surface area contributed by atoms with E-state index in [0.29, 0.717) is 11.6 Å². The minimum atomic E-state index is -0.969. The molecule has 0 saturated carbocycles. The zero-order valence-electron chi connectivity index (χ0n) is 10.9. The highest BCUT2D eigenvalue weighted by atomic mass is 19.1. The first-order valence-corrected chi connectivity index (χ1v) is 5.98. The van der Waals surface area contributed by atoms with Gasteiger partial charge in [0, 0.05) is 6.07 Å². The summed E-state index contributed by atoms with van der Waals surface area (Å²) in [5, 5.41) is 19.8. The van der Waals surface area contributed by atoms with Gasteiger partial charge in [-0.25, -0.2) is 8.78 Å². The Bertz CT molecular complexity index is 689. The summed E-state index contributed by atoms with van der Waals surface area (Å²) in [7, 11) is 0. The summed E-state index contributed by atoms with van der Waals surface area (Å²) < 4.78 is 32.5. The Morgan fingerprint density at radius 3 is 2.19 bits per heavy atom. The third kappa shape index (κ3) is 3.32. The zero-order valence-corrected chi connectivity index (χ0v) is 10.9. The number of rotatable bonds is 4. The van der Waals surface area contributed by atoms with Gasteiger partial charge in [-0.1, -0.05) is 6.07 Å². The van der Waals surface area contributed by atoms with Crippen LogP contribution in [0.1, 0.15) is 18.6 Å². The number of benzene rings is 2. The van der Waals surface area contributed by atoms with Gasteiger partial charge in [0.1, 0.15) is 0 Å². The van der Waals surface area contributed by atoms with E-state index in [-0.39, 0.29) is 11.5 Å². The van der Waals surface area contributed by atoms with Crippen LogP contribution in [0.3, 0.4) is 0 Å². The molecule has 0 radical (unpaired) electrons. The summed E-state index contributed by atoms with van der Waals surface area (Å²) in [6.45, 7) is 1.48. The van der Waals surface area contributed by atoms with E-state index in [9.17, 15) is 24.0 Å². The van der Waals surface area contributed by atoms with Gasteiger partial charge >= 0.3 is 0 Å². The number of non-ortho nitro benzene ring substituents is 1. The van der Waals surface area contributed by atoms with Gasteiger partial charge in [-0.3, -0.25) is 10.1 Å². The molecule has 0 heterocycles. The van der Waals surface area contributed by atoms with E-state index in [1.54, 1.807) is 0 Å². The number of halogens is 2. The molecular weight excluding hydrogens is 284 g/mol. The van der Waals surface area contributed by atoms with Gasteiger partial charge in [-0.15, -0.1) is 0 Å². The molecule has 0 saturated heterocycles. The highest BCUT2D eigenvalue weighted by Crippen LogP contribution is 2.30. The van der Waals surface area contributed by atoms with Gasteiger partial charge in [0.15, 0.2) is 23.1 Å². The Balaban J connectivity index is 2.28. The van der Waals surface area contributed by atoms with E-state index in [2.05, 4.69) is 0 Å². The molecule has 7 heteroatoms. The number of nitrogens with zero attached hydrogens (tertiary/aromatic N) is 1. The highest BCUT2D eigenvalue weighted by molar-refractivity contribution is 5.41. The summed E-state index contributed by atoms with van der Waals surface area (Å²) in [4.78, 5) is 9.75. The molecule has 2 aromatic rings. The maximum absolute atomic E-state index is 13.8. The molecule has 1 N–H and O–H groups in total. The maximum Gasteiger partial charge on any atom is 0.272 e. The number of hydrogen-bond acceptors (Lipinski definition) is 4. The topological polar surface area (TPSA) is 72.6 Å². The Morgan fingerprint density at radius 1 is 1.14 bits per heavy atom. The summed E-state index contributed by atoms with van der Waals surface area (Å²) in [5.74, 6) is -2.31. The monoisotopic (exact) mass is 295 g/mol. The first kappa shape index (κ1) is 14.9. The van der Waals surface area contributed by atoms with Gasteiger partial charge in [-0.2, -0.15) is 0 Å². The quantitative estimate of drug-likeness (QED) is 0.689. The number of nitro benzene ring substituents is 1. The molecule has 0 spiro atoms. The van der Waals surface area contributed by atoms with E-state index < -0.39 is 28.3 Å². The van der Waals surface area contributed by atoms with Crippen molar-refractivity contribution < 1.29 is 23.5 Å². The van der Waals surface area contributed by atoms with Crippen molar-refractivity contribution in [3.8, 4) is 11.5 Å². The van der Waals surface area contributed by atoms with Crippen molar-refractivity contribution in [2.45, 2.75) is 13.0 Å². The van der Waals surface area contributed by atoms with Crippen molar-refractivity contribution in [3.63, 3.8) is 0 Å². The van der Waals surface area contributed by atoms with Crippen LogP contribution >= 0.6 is 0 Å². The molecule has 1 atom stereocenters. The minimum Gasteiger partial charge on any atom is -0.451 e. The van der Waals surface area contributed by atoms with Crippen LogP contribution in [-0.2, 0) is 0 Å². The zero-order chi connectivity index (χ0) is 15.6. The lowest BCUT2D eigenvalue weighted by atomic mass is 10.1. The fourth-order valence-electron chi connectivity index (χ4n) is 1.66. The van der Waals surface area contributed by atoms with Crippen LogP contribution in [0.2, 0.25) is 0 Å². The number of nitro groups is 1. The molecule has 110 valence electrons. The number of aliphatic hydroxyl groups is 1. The normalized spacial score (nSPS) is 12.0. The summed E-state index contributed by atoms with van der Waals surface area (Å²) >= 11 is 0. The molecule has 0 aliphatic carbocycles. The molecule has 21 heavy (non-hydrogen) atoms. The van der Waals surface area contributed by atoms with Crippen LogP contribution < -0.4 is 4.74 Å². The fourth-order valence-corrected chi connectivity index (χ4v) is 1.66. The van der Waals surface area contributed by atoms with E-state index in [0.717, 1.165) is 18.2 Å². The third-order valence-corrected chi connectivity index (χ3v) is 2.78. The summed E-state index contributed by atoms with van der Waals surface area (Å²) in [5.41, 5.74) is -0.0752. The predicted octanol–water partition coefficient (Wildman–Crippen LogP) is 3.72. The molecule has 1 unspecified atom stereocenters. The smallest absolute Gasteiger partial charge is 0.272 e. The van der Waals surface area contributed by atoms with Gasteiger partial charge in [-0.05, 0) is 30.7 Å². The van der Waals surface area contributed by atoms with Crippen LogP contribution in [-0.4, -0.2) is 10.0 Å². The van der Waals surface area contributed by atoms with E-state index in [1.165, 1.54) is 19.1 Å². The van der Waals surface area contributed by atoms with Crippen LogP contribution in [0.25, 0.3) is 0 Å². The van der Waals surface area contributed by atoms with Gasteiger partial charge in [0.25, 0.3) is 5.69 Å². The number of aliphatic hydroxyl groups excluding tert-OH is 1. The van der Waals surface area contributed by atoms with Crippen LogP contribution in [0.5, 0.6) is 11.5 Å². The second-order valence-electron chi connectivity index (χ2n) is 4.34. The molecular formula is C14H11F2NO4. The lowest BCUT2D eigenvalue weighted by molar-refractivity contribution is -0.385. The molecule has 5 nitrogen and oxygen atoms in total. The molecule has 0 aromatic heterocycles.